The third-order valence-electron chi connectivity index (χ3n) is 4.34. The van der Waals surface area contributed by atoms with Crippen molar-refractivity contribution in [1.82, 2.24) is 9.88 Å². The molecule has 1 unspecified atom stereocenters. The van der Waals surface area contributed by atoms with Crippen LogP contribution in [-0.2, 0) is 6.54 Å². The number of fused-ring (bicyclic) bond motifs is 2. The fourth-order valence-electron chi connectivity index (χ4n) is 3.31. The number of likely N-dealkylation sites (N-methyl/N-ethyl adjacent to an activating group) is 1. The molecule has 2 heterocycles. The van der Waals surface area contributed by atoms with Crippen molar-refractivity contribution in [1.29, 1.82) is 0 Å². The molecule has 0 saturated heterocycles. The van der Waals surface area contributed by atoms with Gasteiger partial charge in [-0.25, -0.2) is 0 Å². The van der Waals surface area contributed by atoms with Crippen LogP contribution in [0.1, 0.15) is 22.7 Å². The predicted octanol–water partition coefficient (Wildman–Crippen LogP) is 3.81. The molecule has 4 rings (SSSR count). The van der Waals surface area contributed by atoms with Gasteiger partial charge in [0.25, 0.3) is 0 Å². The van der Waals surface area contributed by atoms with Crippen LogP contribution in [0.5, 0.6) is 0 Å². The summed E-state index contributed by atoms with van der Waals surface area (Å²) in [5, 5.41) is 1.21. The molecule has 0 fully saturated rings. The second kappa shape index (κ2) is 4.97. The van der Waals surface area contributed by atoms with E-state index in [9.17, 15) is 0 Å². The van der Waals surface area contributed by atoms with Crippen LogP contribution in [-0.4, -0.2) is 23.5 Å². The van der Waals surface area contributed by atoms with Crippen LogP contribution in [0.2, 0.25) is 0 Å². The molecule has 2 heteroatoms. The Kier molecular flexibility index (Phi) is 2.97. The van der Waals surface area contributed by atoms with E-state index >= 15 is 0 Å². The third-order valence-corrected chi connectivity index (χ3v) is 4.34. The molecule has 1 atom stereocenters. The lowest BCUT2D eigenvalue weighted by Gasteiger charge is -2.32. The van der Waals surface area contributed by atoms with Gasteiger partial charge >= 0.3 is 0 Å². The fourth-order valence-corrected chi connectivity index (χ4v) is 3.31. The molecular formula is C19H18N2. The van der Waals surface area contributed by atoms with Crippen LogP contribution in [0.15, 0.2) is 60.7 Å². The van der Waals surface area contributed by atoms with Crippen LogP contribution >= 0.6 is 0 Å². The Bertz CT molecular complexity index is 794. The first kappa shape index (κ1) is 12.5. The van der Waals surface area contributed by atoms with Crippen molar-refractivity contribution < 1.29 is 0 Å². The third kappa shape index (κ3) is 2.22. The van der Waals surface area contributed by atoms with Crippen molar-refractivity contribution in [3.05, 3.63) is 77.5 Å². The zero-order chi connectivity index (χ0) is 14.2. The van der Waals surface area contributed by atoms with Gasteiger partial charge in [-0.3, -0.25) is 4.98 Å². The van der Waals surface area contributed by atoms with Crippen molar-refractivity contribution in [3.63, 3.8) is 0 Å². The summed E-state index contributed by atoms with van der Waals surface area (Å²) < 4.78 is 0. The summed E-state index contributed by atoms with van der Waals surface area (Å²) in [6, 6.07) is 21.5. The lowest BCUT2D eigenvalue weighted by atomic mass is 9.87. The molecule has 2 nitrogen and oxygen atoms in total. The monoisotopic (exact) mass is 274 g/mol. The molecule has 0 amide bonds. The maximum absolute atomic E-state index is 4.91. The summed E-state index contributed by atoms with van der Waals surface area (Å²) in [5.41, 5.74) is 5.11. The summed E-state index contributed by atoms with van der Waals surface area (Å²) in [7, 11) is 2.18. The molecule has 104 valence electrons. The van der Waals surface area contributed by atoms with Gasteiger partial charge in [-0.1, -0.05) is 48.5 Å². The molecule has 2 aromatic carbocycles. The standard InChI is InChI=1S/C19H18N2/c1-21-12-15-7-2-4-8-16(15)17(13-21)19-11-10-14-6-3-5-9-18(14)20-19/h2-11,17H,12-13H2,1H3. The lowest BCUT2D eigenvalue weighted by Crippen LogP contribution is -2.31. The minimum Gasteiger partial charge on any atom is -0.301 e. The molecule has 0 saturated carbocycles. The molecule has 0 N–H and O–H groups in total. The lowest BCUT2D eigenvalue weighted by molar-refractivity contribution is 0.293. The number of rotatable bonds is 1. The van der Waals surface area contributed by atoms with E-state index in [-0.39, 0.29) is 0 Å². The van der Waals surface area contributed by atoms with Gasteiger partial charge in [0.15, 0.2) is 0 Å². The molecule has 3 aromatic rings. The molecule has 0 bridgehead atoms. The minimum absolute atomic E-state index is 0.365. The highest BCUT2D eigenvalue weighted by Crippen LogP contribution is 2.32. The Morgan fingerprint density at radius 1 is 0.952 bits per heavy atom. The van der Waals surface area contributed by atoms with Crippen molar-refractivity contribution in [2.24, 2.45) is 0 Å². The number of aromatic nitrogens is 1. The summed E-state index contributed by atoms with van der Waals surface area (Å²) in [6.45, 7) is 2.06. The highest BCUT2D eigenvalue weighted by Gasteiger charge is 2.25. The number of nitrogens with zero attached hydrogens (tertiary/aromatic N) is 2. The number of para-hydroxylation sites is 1. The number of benzene rings is 2. The maximum Gasteiger partial charge on any atom is 0.0705 e. The van der Waals surface area contributed by atoms with E-state index in [1.807, 2.05) is 0 Å². The largest absolute Gasteiger partial charge is 0.301 e. The van der Waals surface area contributed by atoms with Gasteiger partial charge in [0.1, 0.15) is 0 Å². The predicted molar refractivity (Wildman–Crippen MR) is 86.4 cm³/mol. The molecule has 0 aliphatic carbocycles. The topological polar surface area (TPSA) is 16.1 Å². The van der Waals surface area contributed by atoms with Crippen LogP contribution in [0.3, 0.4) is 0 Å². The van der Waals surface area contributed by atoms with Gasteiger partial charge in [-0.2, -0.15) is 0 Å². The minimum atomic E-state index is 0.365. The SMILES string of the molecule is CN1Cc2ccccc2C(c2ccc3ccccc3n2)C1. The molecule has 0 spiro atoms. The molecule has 1 aliphatic rings. The van der Waals surface area contributed by atoms with E-state index in [4.69, 9.17) is 4.98 Å². The average molecular weight is 274 g/mol. The second-order valence-corrected chi connectivity index (χ2v) is 5.88. The van der Waals surface area contributed by atoms with Crippen LogP contribution in [0.25, 0.3) is 10.9 Å². The molecule has 1 aliphatic heterocycles. The Balaban J connectivity index is 1.84. The van der Waals surface area contributed by atoms with Gasteiger partial charge in [-0.05, 0) is 30.3 Å². The van der Waals surface area contributed by atoms with E-state index < -0.39 is 0 Å². The highest BCUT2D eigenvalue weighted by molar-refractivity contribution is 5.78. The average Bonchev–Trinajstić information content (AvgIpc) is 2.53. The first-order valence-corrected chi connectivity index (χ1v) is 7.43. The summed E-state index contributed by atoms with van der Waals surface area (Å²) in [5.74, 6) is 0.365. The van der Waals surface area contributed by atoms with Crippen molar-refractivity contribution in [2.75, 3.05) is 13.6 Å². The second-order valence-electron chi connectivity index (χ2n) is 5.88. The van der Waals surface area contributed by atoms with Crippen molar-refractivity contribution in [3.8, 4) is 0 Å². The molecule has 0 radical (unpaired) electrons. The van der Waals surface area contributed by atoms with Gasteiger partial charge in [0.2, 0.25) is 0 Å². The normalized spacial score (nSPS) is 18.6. The van der Waals surface area contributed by atoms with Crippen molar-refractivity contribution >= 4 is 10.9 Å². The first-order valence-electron chi connectivity index (χ1n) is 7.43. The fraction of sp³-hybridized carbons (Fsp3) is 0.211. The number of hydrogen-bond acceptors (Lipinski definition) is 2. The Morgan fingerprint density at radius 3 is 2.71 bits per heavy atom. The summed E-state index contributed by atoms with van der Waals surface area (Å²) >= 11 is 0. The summed E-state index contributed by atoms with van der Waals surface area (Å²) in [6.07, 6.45) is 0. The van der Waals surface area contributed by atoms with E-state index in [0.717, 1.165) is 18.6 Å². The van der Waals surface area contributed by atoms with E-state index in [0.29, 0.717) is 5.92 Å². The van der Waals surface area contributed by atoms with E-state index in [1.54, 1.807) is 0 Å². The van der Waals surface area contributed by atoms with Gasteiger partial charge < -0.3 is 4.90 Å². The smallest absolute Gasteiger partial charge is 0.0705 e. The van der Waals surface area contributed by atoms with E-state index in [1.165, 1.54) is 22.2 Å². The first-order chi connectivity index (χ1) is 10.3. The Labute approximate surface area is 125 Å². The van der Waals surface area contributed by atoms with Gasteiger partial charge in [0, 0.05) is 30.1 Å². The van der Waals surface area contributed by atoms with Crippen LogP contribution < -0.4 is 0 Å². The molecule has 1 aromatic heterocycles. The van der Waals surface area contributed by atoms with Gasteiger partial charge in [-0.15, -0.1) is 0 Å². The zero-order valence-corrected chi connectivity index (χ0v) is 12.2. The van der Waals surface area contributed by atoms with E-state index in [2.05, 4.69) is 72.6 Å². The molecule has 21 heavy (non-hydrogen) atoms. The Hall–Kier alpha value is -2.19. The number of pyridine rings is 1. The number of hydrogen-bond donors (Lipinski definition) is 0. The molecular weight excluding hydrogens is 256 g/mol. The van der Waals surface area contributed by atoms with Crippen LogP contribution in [0, 0.1) is 0 Å². The zero-order valence-electron chi connectivity index (χ0n) is 12.2. The van der Waals surface area contributed by atoms with Crippen LogP contribution in [0.4, 0.5) is 0 Å². The van der Waals surface area contributed by atoms with Gasteiger partial charge in [0.05, 0.1) is 5.52 Å². The van der Waals surface area contributed by atoms with Crippen molar-refractivity contribution in [2.45, 2.75) is 12.5 Å². The Morgan fingerprint density at radius 2 is 1.76 bits per heavy atom. The highest BCUT2D eigenvalue weighted by atomic mass is 15.1. The quantitative estimate of drug-likeness (QED) is 0.671. The summed E-state index contributed by atoms with van der Waals surface area (Å²) in [4.78, 5) is 7.28. The maximum atomic E-state index is 4.91.